The van der Waals surface area contributed by atoms with Gasteiger partial charge in [0.05, 0.1) is 0 Å². The predicted octanol–water partition coefficient (Wildman–Crippen LogP) is 3.16. The third-order valence-electron chi connectivity index (χ3n) is 5.91. The van der Waals surface area contributed by atoms with Crippen LogP contribution in [0.15, 0.2) is 29.1 Å². The second kappa shape index (κ2) is 10.1. The summed E-state index contributed by atoms with van der Waals surface area (Å²) in [6.45, 7) is 3.48. The van der Waals surface area contributed by atoms with Gasteiger partial charge < -0.3 is 15.1 Å². The Bertz CT molecular complexity index is 1240. The molecule has 1 atom stereocenters. The van der Waals surface area contributed by atoms with Crippen LogP contribution >= 0.6 is 11.3 Å². The van der Waals surface area contributed by atoms with Gasteiger partial charge in [-0.1, -0.05) is 35.6 Å². The Morgan fingerprint density at radius 1 is 1.26 bits per heavy atom. The van der Waals surface area contributed by atoms with Crippen LogP contribution in [0.25, 0.3) is 10.3 Å². The molecule has 182 valence electrons. The van der Waals surface area contributed by atoms with E-state index in [-0.39, 0.29) is 22.8 Å². The van der Waals surface area contributed by atoms with Crippen LogP contribution in [0.4, 0.5) is 13.9 Å². The summed E-state index contributed by atoms with van der Waals surface area (Å²) in [4.78, 5) is 38.4. The molecule has 0 spiro atoms. The average Bonchev–Trinajstić information content (AvgIpc) is 3.45. The second-order valence-electron chi connectivity index (χ2n) is 8.55. The number of hydrogen-bond donors (Lipinski definition) is 1. The van der Waals surface area contributed by atoms with Gasteiger partial charge in [0.2, 0.25) is 5.91 Å². The molecule has 1 aliphatic rings. The van der Waals surface area contributed by atoms with Crippen molar-refractivity contribution >= 4 is 32.7 Å². The molecule has 0 bridgehead atoms. The number of nitrogens with zero attached hydrogens (tertiary/aromatic N) is 5. The number of anilines is 1. The third kappa shape index (κ3) is 4.80. The number of carbonyl (C=O) groups excluding carboxylic acids is 1. The largest absolute Gasteiger partial charge is 0.350 e. The maximum Gasteiger partial charge on any atom is 0.295 e. The van der Waals surface area contributed by atoms with Gasteiger partial charge in [0.1, 0.15) is 6.04 Å². The molecule has 0 aliphatic carbocycles. The molecule has 0 saturated carbocycles. The summed E-state index contributed by atoms with van der Waals surface area (Å²) in [6, 6.07) is 7.55. The molecule has 3 aromatic rings. The fourth-order valence-electron chi connectivity index (χ4n) is 4.30. The van der Waals surface area contributed by atoms with Gasteiger partial charge in [0, 0.05) is 26.2 Å². The molecule has 0 unspecified atom stereocenters. The predicted molar refractivity (Wildman–Crippen MR) is 128 cm³/mol. The fraction of sp³-hybridized carbons (Fsp3) is 0.478. The van der Waals surface area contributed by atoms with Gasteiger partial charge >= 0.3 is 0 Å². The lowest BCUT2D eigenvalue weighted by molar-refractivity contribution is -0.122. The number of benzene rings is 1. The summed E-state index contributed by atoms with van der Waals surface area (Å²) in [5.41, 5.74) is 1.69. The van der Waals surface area contributed by atoms with Gasteiger partial charge in [-0.25, -0.2) is 18.7 Å². The van der Waals surface area contributed by atoms with Crippen LogP contribution in [0.5, 0.6) is 0 Å². The maximum absolute atomic E-state index is 13.4. The average molecular weight is 491 g/mol. The molecule has 1 fully saturated rings. The summed E-state index contributed by atoms with van der Waals surface area (Å²) in [6.07, 6.45) is -1.42. The Morgan fingerprint density at radius 3 is 2.68 bits per heavy atom. The molecule has 1 aromatic carbocycles. The van der Waals surface area contributed by atoms with E-state index < -0.39 is 23.9 Å². The number of alkyl halides is 2. The lowest BCUT2D eigenvalue weighted by Gasteiger charge is -2.23. The van der Waals surface area contributed by atoms with E-state index in [4.69, 9.17) is 0 Å². The number of aromatic nitrogens is 3. The van der Waals surface area contributed by atoms with Crippen molar-refractivity contribution in [2.24, 2.45) is 0 Å². The second-order valence-corrected chi connectivity index (χ2v) is 9.50. The van der Waals surface area contributed by atoms with Gasteiger partial charge in [0.15, 0.2) is 21.3 Å². The standard InChI is InChI=1S/C23H28F2N6O2S/c1-4-30-19(18(24)25)28-21-17(22(30)33)27-23(34-21)31-11-7-10-16(31)20(32)26-12-14-8-5-6-9-15(14)13-29(2)3/h5-6,8-9,16,18H,4,7,10-13H2,1-3H3,(H,26,32)/t16-/m1/s1. The monoisotopic (exact) mass is 490 g/mol. The highest BCUT2D eigenvalue weighted by atomic mass is 32.1. The van der Waals surface area contributed by atoms with Crippen molar-refractivity contribution in [3.8, 4) is 0 Å². The van der Waals surface area contributed by atoms with E-state index >= 15 is 0 Å². The number of halogens is 2. The minimum Gasteiger partial charge on any atom is -0.350 e. The zero-order chi connectivity index (χ0) is 24.4. The highest BCUT2D eigenvalue weighted by Crippen LogP contribution is 2.32. The van der Waals surface area contributed by atoms with Crippen LogP contribution in [0, 0.1) is 0 Å². The maximum atomic E-state index is 13.4. The summed E-state index contributed by atoms with van der Waals surface area (Å²) in [5, 5.41) is 3.50. The van der Waals surface area contributed by atoms with E-state index in [9.17, 15) is 18.4 Å². The van der Waals surface area contributed by atoms with Crippen molar-refractivity contribution in [1.82, 2.24) is 24.8 Å². The van der Waals surface area contributed by atoms with E-state index in [0.717, 1.165) is 40.0 Å². The molecule has 1 aliphatic heterocycles. The topological polar surface area (TPSA) is 83.4 Å². The lowest BCUT2D eigenvalue weighted by atomic mass is 10.1. The number of thiazole rings is 1. The fourth-order valence-corrected chi connectivity index (χ4v) is 5.32. The summed E-state index contributed by atoms with van der Waals surface area (Å²) in [5.74, 6) is -0.675. The van der Waals surface area contributed by atoms with E-state index in [1.165, 1.54) is 0 Å². The number of rotatable bonds is 8. The molecule has 1 saturated heterocycles. The molecular weight excluding hydrogens is 462 g/mol. The van der Waals surface area contributed by atoms with Crippen LogP contribution in [0.3, 0.4) is 0 Å². The Kier molecular flexibility index (Phi) is 7.22. The first kappa shape index (κ1) is 24.2. The summed E-state index contributed by atoms with van der Waals surface area (Å²) >= 11 is 1.08. The number of amides is 1. The van der Waals surface area contributed by atoms with Gasteiger partial charge in [-0.05, 0) is 45.0 Å². The molecule has 0 radical (unpaired) electrons. The van der Waals surface area contributed by atoms with E-state index in [0.29, 0.717) is 24.6 Å². The first-order valence-corrected chi connectivity index (χ1v) is 12.1. The Labute approximate surface area is 200 Å². The zero-order valence-corrected chi connectivity index (χ0v) is 20.2. The molecular formula is C23H28F2N6O2S. The Hall–Kier alpha value is -2.92. The van der Waals surface area contributed by atoms with Crippen LogP contribution in [0.1, 0.15) is 43.1 Å². The first-order chi connectivity index (χ1) is 16.3. The van der Waals surface area contributed by atoms with Gasteiger partial charge in [-0.15, -0.1) is 0 Å². The molecule has 8 nitrogen and oxygen atoms in total. The highest BCUT2D eigenvalue weighted by molar-refractivity contribution is 7.21. The third-order valence-corrected chi connectivity index (χ3v) is 6.90. The number of nitrogens with one attached hydrogen (secondary N) is 1. The van der Waals surface area contributed by atoms with Crippen molar-refractivity contribution in [2.45, 2.75) is 51.9 Å². The van der Waals surface area contributed by atoms with Gasteiger partial charge in [-0.2, -0.15) is 0 Å². The quantitative estimate of drug-likeness (QED) is 0.522. The zero-order valence-electron chi connectivity index (χ0n) is 19.4. The minimum atomic E-state index is -2.86. The summed E-state index contributed by atoms with van der Waals surface area (Å²) in [7, 11) is 4.00. The van der Waals surface area contributed by atoms with Crippen molar-refractivity contribution < 1.29 is 13.6 Å². The molecule has 4 rings (SSSR count). The molecule has 1 N–H and O–H groups in total. The van der Waals surface area contributed by atoms with Gasteiger partial charge in [0.25, 0.3) is 12.0 Å². The van der Waals surface area contributed by atoms with Gasteiger partial charge in [-0.3, -0.25) is 14.2 Å². The lowest BCUT2D eigenvalue weighted by Crippen LogP contribution is -2.43. The van der Waals surface area contributed by atoms with Crippen LogP contribution in [0.2, 0.25) is 0 Å². The van der Waals surface area contributed by atoms with E-state index in [1.54, 1.807) is 6.92 Å². The van der Waals surface area contributed by atoms with Crippen LogP contribution < -0.4 is 15.8 Å². The smallest absolute Gasteiger partial charge is 0.295 e. The molecule has 34 heavy (non-hydrogen) atoms. The molecule has 3 heterocycles. The van der Waals surface area contributed by atoms with E-state index in [2.05, 4.69) is 20.2 Å². The molecule has 1 amide bonds. The van der Waals surface area contributed by atoms with Crippen molar-refractivity contribution in [3.05, 3.63) is 51.6 Å². The number of hydrogen-bond acceptors (Lipinski definition) is 7. The van der Waals surface area contributed by atoms with Crippen molar-refractivity contribution in [3.63, 3.8) is 0 Å². The Morgan fingerprint density at radius 2 is 2.00 bits per heavy atom. The van der Waals surface area contributed by atoms with Crippen molar-refractivity contribution in [2.75, 3.05) is 25.5 Å². The van der Waals surface area contributed by atoms with E-state index in [1.807, 2.05) is 43.3 Å². The normalized spacial score (nSPS) is 16.2. The first-order valence-electron chi connectivity index (χ1n) is 11.3. The minimum absolute atomic E-state index is 0.0647. The molecule has 11 heteroatoms. The molecule has 2 aromatic heterocycles. The number of fused-ring (bicyclic) bond motifs is 1. The number of carbonyl (C=O) groups is 1. The summed E-state index contributed by atoms with van der Waals surface area (Å²) < 4.78 is 27.8. The van der Waals surface area contributed by atoms with Crippen molar-refractivity contribution in [1.29, 1.82) is 0 Å². The SMILES string of the molecule is CCn1c(C(F)F)nc2sc(N3CCC[C@@H]3C(=O)NCc3ccccc3CN(C)C)nc2c1=O. The Balaban J connectivity index is 1.55. The van der Waals surface area contributed by atoms with Crippen LogP contribution in [-0.4, -0.2) is 52.0 Å². The van der Waals surface area contributed by atoms with Crippen LogP contribution in [-0.2, 0) is 24.4 Å². The highest BCUT2D eigenvalue weighted by Gasteiger charge is 2.33.